The molecule has 18 heavy (non-hydrogen) atoms. The van der Waals surface area contributed by atoms with E-state index in [9.17, 15) is 0 Å². The predicted octanol–water partition coefficient (Wildman–Crippen LogP) is 3.77. The molecule has 1 aromatic heterocycles. The number of hydrogen-bond donors (Lipinski definition) is 1. The number of aromatic nitrogens is 1. The van der Waals surface area contributed by atoms with Crippen LogP contribution in [0.3, 0.4) is 0 Å². The van der Waals surface area contributed by atoms with Gasteiger partial charge in [0.2, 0.25) is 0 Å². The van der Waals surface area contributed by atoms with Crippen molar-refractivity contribution in [3.63, 3.8) is 0 Å². The highest BCUT2D eigenvalue weighted by molar-refractivity contribution is 5.82. The van der Waals surface area contributed by atoms with E-state index in [1.807, 2.05) is 18.3 Å². The van der Waals surface area contributed by atoms with Crippen LogP contribution >= 0.6 is 0 Å². The monoisotopic (exact) mass is 237 g/mol. The number of rotatable bonds is 3. The van der Waals surface area contributed by atoms with Crippen molar-refractivity contribution in [2.24, 2.45) is 0 Å². The second-order valence-corrected chi connectivity index (χ2v) is 4.39. The van der Waals surface area contributed by atoms with Crippen molar-refractivity contribution < 1.29 is 4.74 Å². The Labute approximate surface area is 106 Å². The number of hydrogen-bond acceptors (Lipinski definition) is 1. The minimum Gasteiger partial charge on any atom is -0.497 e. The molecule has 0 spiro atoms. The van der Waals surface area contributed by atoms with Gasteiger partial charge in [0.25, 0.3) is 0 Å². The third-order valence-electron chi connectivity index (χ3n) is 3.20. The molecule has 0 aliphatic rings. The van der Waals surface area contributed by atoms with Gasteiger partial charge in [-0.3, -0.25) is 0 Å². The number of nitrogens with one attached hydrogen (secondary N) is 1. The lowest BCUT2D eigenvalue weighted by atomic mass is 10.0. The molecule has 0 aliphatic heterocycles. The Morgan fingerprint density at radius 2 is 1.94 bits per heavy atom. The Balaban J connectivity index is 1.98. The molecule has 1 heterocycles. The molecule has 1 N–H and O–H groups in total. The largest absolute Gasteiger partial charge is 0.497 e. The molecule has 0 atom stereocenters. The first-order valence-corrected chi connectivity index (χ1v) is 6.05. The summed E-state index contributed by atoms with van der Waals surface area (Å²) in [6, 6.07) is 16.7. The van der Waals surface area contributed by atoms with E-state index >= 15 is 0 Å². The number of benzene rings is 2. The molecule has 0 bridgehead atoms. The number of para-hydroxylation sites is 1. The van der Waals surface area contributed by atoms with Crippen molar-refractivity contribution in [1.82, 2.24) is 4.98 Å². The van der Waals surface area contributed by atoms with Crippen molar-refractivity contribution in [2.45, 2.75) is 6.42 Å². The molecule has 2 nitrogen and oxygen atoms in total. The molecule has 0 radical (unpaired) electrons. The van der Waals surface area contributed by atoms with Gasteiger partial charge in [-0.2, -0.15) is 0 Å². The third kappa shape index (κ3) is 1.97. The van der Waals surface area contributed by atoms with Crippen LogP contribution in [0.25, 0.3) is 10.9 Å². The van der Waals surface area contributed by atoms with Gasteiger partial charge in [-0.25, -0.2) is 0 Å². The van der Waals surface area contributed by atoms with Crippen LogP contribution in [0.4, 0.5) is 0 Å². The normalized spacial score (nSPS) is 10.7. The lowest BCUT2D eigenvalue weighted by Gasteiger charge is -2.06. The maximum absolute atomic E-state index is 5.26. The number of ether oxygens (including phenoxy) is 1. The lowest BCUT2D eigenvalue weighted by Crippen LogP contribution is -1.91. The van der Waals surface area contributed by atoms with Gasteiger partial charge in [0.1, 0.15) is 5.75 Å². The molecule has 0 unspecified atom stereocenters. The summed E-state index contributed by atoms with van der Waals surface area (Å²) in [7, 11) is 1.70. The van der Waals surface area contributed by atoms with Crippen LogP contribution in [-0.2, 0) is 6.42 Å². The molecule has 2 aromatic carbocycles. The van der Waals surface area contributed by atoms with E-state index in [2.05, 4.69) is 41.4 Å². The zero-order valence-electron chi connectivity index (χ0n) is 10.3. The summed E-state index contributed by atoms with van der Waals surface area (Å²) in [5.74, 6) is 0.908. The standard InChI is InChI=1S/C16H15NO/c1-18-15-7-2-4-12(11-15)10-14-6-3-5-13-8-9-17-16(13)14/h2-9,11,17H,10H2,1H3. The van der Waals surface area contributed by atoms with Crippen LogP contribution in [0, 0.1) is 0 Å². The molecule has 3 rings (SSSR count). The average Bonchev–Trinajstić information content (AvgIpc) is 2.88. The zero-order chi connectivity index (χ0) is 12.4. The zero-order valence-corrected chi connectivity index (χ0v) is 10.3. The summed E-state index contributed by atoms with van der Waals surface area (Å²) < 4.78 is 5.26. The Morgan fingerprint density at radius 3 is 2.83 bits per heavy atom. The maximum atomic E-state index is 5.26. The first-order valence-electron chi connectivity index (χ1n) is 6.05. The number of methoxy groups -OCH3 is 1. The number of aromatic amines is 1. The highest BCUT2D eigenvalue weighted by atomic mass is 16.5. The van der Waals surface area contributed by atoms with Gasteiger partial charge < -0.3 is 9.72 Å². The average molecular weight is 237 g/mol. The molecule has 3 aromatic rings. The fourth-order valence-electron chi connectivity index (χ4n) is 2.30. The number of fused-ring (bicyclic) bond motifs is 1. The van der Waals surface area contributed by atoms with Crippen LogP contribution in [-0.4, -0.2) is 12.1 Å². The molecule has 0 saturated heterocycles. The van der Waals surface area contributed by atoms with Gasteiger partial charge in [-0.15, -0.1) is 0 Å². The van der Waals surface area contributed by atoms with E-state index in [1.165, 1.54) is 22.0 Å². The molecule has 0 aliphatic carbocycles. The Bertz CT molecular complexity index is 669. The third-order valence-corrected chi connectivity index (χ3v) is 3.20. The summed E-state index contributed by atoms with van der Waals surface area (Å²) in [6.07, 6.45) is 2.90. The van der Waals surface area contributed by atoms with Gasteiger partial charge in [-0.1, -0.05) is 30.3 Å². The van der Waals surface area contributed by atoms with E-state index in [0.29, 0.717) is 0 Å². The molecule has 0 fully saturated rings. The van der Waals surface area contributed by atoms with Gasteiger partial charge in [-0.05, 0) is 41.1 Å². The molecular formula is C16H15NO. The fraction of sp³-hybridized carbons (Fsp3) is 0.125. The molecule has 0 saturated carbocycles. The molecule has 0 amide bonds. The summed E-state index contributed by atoms with van der Waals surface area (Å²) >= 11 is 0. The smallest absolute Gasteiger partial charge is 0.119 e. The lowest BCUT2D eigenvalue weighted by molar-refractivity contribution is 0.414. The van der Waals surface area contributed by atoms with E-state index in [0.717, 1.165) is 12.2 Å². The molecule has 2 heteroatoms. The van der Waals surface area contributed by atoms with Crippen LogP contribution in [0.5, 0.6) is 5.75 Å². The quantitative estimate of drug-likeness (QED) is 0.737. The predicted molar refractivity (Wildman–Crippen MR) is 74.1 cm³/mol. The fourth-order valence-corrected chi connectivity index (χ4v) is 2.30. The van der Waals surface area contributed by atoms with E-state index in [-0.39, 0.29) is 0 Å². The summed E-state index contributed by atoms with van der Waals surface area (Å²) in [6.45, 7) is 0. The van der Waals surface area contributed by atoms with Gasteiger partial charge in [0.15, 0.2) is 0 Å². The minimum absolute atomic E-state index is 0.908. The second-order valence-electron chi connectivity index (χ2n) is 4.39. The van der Waals surface area contributed by atoms with Crippen LogP contribution in [0.1, 0.15) is 11.1 Å². The van der Waals surface area contributed by atoms with Crippen molar-refractivity contribution in [3.8, 4) is 5.75 Å². The van der Waals surface area contributed by atoms with Crippen molar-refractivity contribution in [3.05, 3.63) is 65.9 Å². The highest BCUT2D eigenvalue weighted by Gasteiger charge is 2.03. The highest BCUT2D eigenvalue weighted by Crippen LogP contribution is 2.21. The van der Waals surface area contributed by atoms with Crippen LogP contribution in [0.15, 0.2) is 54.7 Å². The van der Waals surface area contributed by atoms with Crippen LogP contribution in [0.2, 0.25) is 0 Å². The SMILES string of the molecule is COc1cccc(Cc2cccc3cc[nH]c23)c1. The van der Waals surface area contributed by atoms with E-state index < -0.39 is 0 Å². The summed E-state index contributed by atoms with van der Waals surface area (Å²) in [5, 5.41) is 1.26. The van der Waals surface area contributed by atoms with Crippen molar-refractivity contribution in [2.75, 3.05) is 7.11 Å². The molecular weight excluding hydrogens is 222 g/mol. The number of H-pyrrole nitrogens is 1. The first-order chi connectivity index (χ1) is 8.86. The van der Waals surface area contributed by atoms with E-state index in [1.54, 1.807) is 7.11 Å². The Morgan fingerprint density at radius 1 is 1.06 bits per heavy atom. The minimum atomic E-state index is 0.908. The second kappa shape index (κ2) is 4.57. The van der Waals surface area contributed by atoms with Crippen molar-refractivity contribution >= 4 is 10.9 Å². The Kier molecular flexibility index (Phi) is 2.77. The van der Waals surface area contributed by atoms with Gasteiger partial charge >= 0.3 is 0 Å². The first kappa shape index (κ1) is 10.9. The van der Waals surface area contributed by atoms with E-state index in [4.69, 9.17) is 4.74 Å². The summed E-state index contributed by atoms with van der Waals surface area (Å²) in [5.41, 5.74) is 3.79. The van der Waals surface area contributed by atoms with Gasteiger partial charge in [0.05, 0.1) is 7.11 Å². The van der Waals surface area contributed by atoms with Gasteiger partial charge in [0, 0.05) is 11.7 Å². The maximum Gasteiger partial charge on any atom is 0.119 e. The van der Waals surface area contributed by atoms with Crippen LogP contribution < -0.4 is 4.74 Å². The van der Waals surface area contributed by atoms with Crippen molar-refractivity contribution in [1.29, 1.82) is 0 Å². The molecule has 90 valence electrons. The Hall–Kier alpha value is -2.22. The summed E-state index contributed by atoms with van der Waals surface area (Å²) in [4.78, 5) is 3.31. The topological polar surface area (TPSA) is 25.0 Å².